The van der Waals surface area contributed by atoms with Crippen molar-refractivity contribution < 1.29 is 18.5 Å². The summed E-state index contributed by atoms with van der Waals surface area (Å²) in [6, 6.07) is 20.2. The average molecular weight is 643 g/mol. The van der Waals surface area contributed by atoms with E-state index in [-0.39, 0.29) is 11.7 Å². The van der Waals surface area contributed by atoms with Gasteiger partial charge in [0.15, 0.2) is 24.4 Å². The number of methoxy groups -OCH3 is 1. The molecule has 0 saturated carbocycles. The molecule has 3 aromatic carbocycles. The first-order valence-electron chi connectivity index (χ1n) is 15.9. The van der Waals surface area contributed by atoms with Gasteiger partial charge < -0.3 is 9.64 Å². The molecule has 0 spiro atoms. The Labute approximate surface area is 275 Å². The Bertz CT molecular complexity index is 2150. The molecular weight excluding hydrogens is 609 g/mol. The molecule has 11 nitrogen and oxygen atoms in total. The van der Waals surface area contributed by atoms with Gasteiger partial charge >= 0.3 is 0 Å². The molecule has 1 saturated heterocycles. The van der Waals surface area contributed by atoms with E-state index in [1.165, 1.54) is 12.1 Å². The Morgan fingerprint density at radius 3 is 2.56 bits per heavy atom. The molecule has 0 aliphatic carbocycles. The van der Waals surface area contributed by atoms with Gasteiger partial charge in [0.05, 0.1) is 36.4 Å². The maximum atomic E-state index is 13.5. The summed E-state index contributed by atoms with van der Waals surface area (Å²) in [7, 11) is 1.68. The van der Waals surface area contributed by atoms with Gasteiger partial charge in [0, 0.05) is 72.8 Å². The number of rotatable bonds is 7. The second-order valence-electron chi connectivity index (χ2n) is 12.2. The predicted molar refractivity (Wildman–Crippen MR) is 179 cm³/mol. The number of ether oxygens (including phenoxy) is 1. The van der Waals surface area contributed by atoms with Crippen LogP contribution in [0.5, 0.6) is 0 Å². The first-order chi connectivity index (χ1) is 23.5. The van der Waals surface area contributed by atoms with Crippen LogP contribution in [0.3, 0.4) is 0 Å². The summed E-state index contributed by atoms with van der Waals surface area (Å²) < 4.78 is 21.8. The molecule has 48 heavy (non-hydrogen) atoms. The minimum atomic E-state index is -0.735. The highest BCUT2D eigenvalue weighted by Crippen LogP contribution is 2.35. The van der Waals surface area contributed by atoms with Crippen LogP contribution in [0.25, 0.3) is 44.5 Å². The van der Waals surface area contributed by atoms with Crippen LogP contribution in [-0.2, 0) is 15.1 Å². The Balaban J connectivity index is 0.945. The van der Waals surface area contributed by atoms with Gasteiger partial charge in [-0.15, -0.1) is 0 Å². The largest absolute Gasteiger partial charge is 0.369 e. The van der Waals surface area contributed by atoms with Gasteiger partial charge in [0.25, 0.3) is 0 Å². The van der Waals surface area contributed by atoms with Crippen LogP contribution in [0.2, 0.25) is 0 Å². The quantitative estimate of drug-likeness (QED) is 0.252. The molecule has 2 aliphatic rings. The lowest BCUT2D eigenvalue weighted by Crippen LogP contribution is -2.46. The van der Waals surface area contributed by atoms with Crippen LogP contribution >= 0.6 is 0 Å². The van der Waals surface area contributed by atoms with Crippen molar-refractivity contribution in [2.24, 2.45) is 0 Å². The average Bonchev–Trinajstić information content (AvgIpc) is 3.76. The van der Waals surface area contributed by atoms with Crippen molar-refractivity contribution in [1.82, 2.24) is 39.9 Å². The number of carbonyl (C=O) groups is 1. The van der Waals surface area contributed by atoms with Crippen molar-refractivity contribution in [1.29, 1.82) is 0 Å². The monoisotopic (exact) mass is 642 g/mol. The summed E-state index contributed by atoms with van der Waals surface area (Å²) in [5.74, 6) is 1.08. The lowest BCUT2D eigenvalue weighted by atomic mass is 10.0. The minimum absolute atomic E-state index is 0.0875. The number of amides is 1. The number of halogens is 1. The number of aromatic nitrogens is 6. The molecular formula is C36H33FN9O2+. The number of hydrogen-bond acceptors (Lipinski definition) is 8. The Hall–Kier alpha value is -5.46. The molecule has 0 radical (unpaired) electrons. The van der Waals surface area contributed by atoms with E-state index >= 15 is 0 Å². The third-order valence-electron chi connectivity index (χ3n) is 9.36. The van der Waals surface area contributed by atoms with Crippen LogP contribution < -0.4 is 0 Å². The first-order valence-corrected chi connectivity index (χ1v) is 15.9. The van der Waals surface area contributed by atoms with E-state index in [4.69, 9.17) is 14.7 Å². The Morgan fingerprint density at radius 1 is 1.02 bits per heavy atom. The number of hydrogen-bond donors (Lipinski definition) is 1. The summed E-state index contributed by atoms with van der Waals surface area (Å²) >= 11 is 0. The van der Waals surface area contributed by atoms with E-state index < -0.39 is 5.60 Å². The molecule has 0 unspecified atom stereocenters. The zero-order valence-corrected chi connectivity index (χ0v) is 26.4. The third kappa shape index (κ3) is 5.58. The maximum Gasteiger partial charge on any atom is 0.237 e. The molecule has 0 bridgehead atoms. The van der Waals surface area contributed by atoms with Crippen molar-refractivity contribution in [3.63, 3.8) is 0 Å². The number of likely N-dealkylation sites (tertiary alicyclic amines) is 1. The van der Waals surface area contributed by atoms with Crippen molar-refractivity contribution in [2.45, 2.75) is 12.0 Å². The number of carbonyl (C=O) groups excluding carboxylic acids is 1. The second kappa shape index (κ2) is 12.3. The molecule has 1 fully saturated rings. The van der Waals surface area contributed by atoms with E-state index in [1.54, 1.807) is 37.7 Å². The maximum absolute atomic E-state index is 13.5. The van der Waals surface area contributed by atoms with Gasteiger partial charge in [-0.2, -0.15) is 9.67 Å². The lowest BCUT2D eigenvalue weighted by molar-refractivity contribution is -0.442. The van der Waals surface area contributed by atoms with Crippen LogP contribution in [0.15, 0.2) is 85.3 Å². The highest BCUT2D eigenvalue weighted by molar-refractivity contribution is 6.01. The van der Waals surface area contributed by atoms with Crippen LogP contribution in [0.4, 0.5) is 10.1 Å². The van der Waals surface area contributed by atoms with Crippen LogP contribution in [0.1, 0.15) is 12.2 Å². The van der Waals surface area contributed by atoms with Gasteiger partial charge in [-0.1, -0.05) is 0 Å². The Morgan fingerprint density at radius 2 is 1.81 bits per heavy atom. The number of H-pyrrole nitrogens is 1. The van der Waals surface area contributed by atoms with E-state index in [1.807, 2.05) is 35.4 Å². The van der Waals surface area contributed by atoms with Gasteiger partial charge in [0.2, 0.25) is 11.6 Å². The molecule has 240 valence electrons. The Kier molecular flexibility index (Phi) is 7.66. The van der Waals surface area contributed by atoms with E-state index in [9.17, 15) is 9.18 Å². The predicted octanol–water partition coefficient (Wildman–Crippen LogP) is 4.57. The lowest BCUT2D eigenvalue weighted by Gasteiger charge is -2.28. The molecule has 1 N–H and O–H groups in total. The fourth-order valence-corrected chi connectivity index (χ4v) is 6.63. The van der Waals surface area contributed by atoms with Gasteiger partial charge in [-0.05, 0) is 61.0 Å². The van der Waals surface area contributed by atoms with Crippen LogP contribution in [0, 0.1) is 5.82 Å². The summed E-state index contributed by atoms with van der Waals surface area (Å²) in [6.45, 7) is 3.40. The topological polar surface area (TPSA) is 116 Å². The van der Waals surface area contributed by atoms with Crippen molar-refractivity contribution in [3.8, 4) is 22.6 Å². The normalized spacial score (nSPS) is 18.5. The highest BCUT2D eigenvalue weighted by atomic mass is 19.1. The van der Waals surface area contributed by atoms with E-state index in [0.717, 1.165) is 44.3 Å². The van der Waals surface area contributed by atoms with E-state index in [0.29, 0.717) is 57.3 Å². The molecule has 1 atom stereocenters. The number of nitrogens with zero attached hydrogens (tertiary/aromatic N) is 8. The number of aromatic amines is 1. The fourth-order valence-electron chi connectivity index (χ4n) is 6.63. The zero-order chi connectivity index (χ0) is 32.7. The molecule has 5 heterocycles. The van der Waals surface area contributed by atoms with Gasteiger partial charge in [-0.25, -0.2) is 24.3 Å². The standard InChI is InChI=1S/C36H33FN9O2/c1-48-36(35-40-21-26-19-31-29(20-30(26)41-35)33(43-42-31)24-3-7-27(37)8-4-24)11-14-44(23-36)22-32(47)46-17-15-45(16-18-46)28-9-5-25(6-10-28)34-38-12-2-13-39-34/h2-10,12-13,15,19-21H,11,14,16-18,22-23H2,1H3,(H,42,43)/q+1/t36-/m0/s1. The third-order valence-corrected chi connectivity index (χ3v) is 9.36. The molecule has 8 rings (SSSR count). The van der Waals surface area contributed by atoms with Gasteiger partial charge in [0.1, 0.15) is 11.4 Å². The second-order valence-corrected chi connectivity index (χ2v) is 12.2. The fraction of sp³-hybridized carbons (Fsp3) is 0.250. The zero-order valence-electron chi connectivity index (χ0n) is 26.4. The molecule has 3 aromatic heterocycles. The van der Waals surface area contributed by atoms with Crippen molar-refractivity contribution in [2.75, 3.05) is 46.4 Å². The van der Waals surface area contributed by atoms with Crippen molar-refractivity contribution in [3.05, 3.63) is 97.0 Å². The van der Waals surface area contributed by atoms with E-state index in [2.05, 4.69) is 48.0 Å². The highest BCUT2D eigenvalue weighted by Gasteiger charge is 2.43. The SMILES string of the molecule is CO[C@@]1(c2ncc3cc4[nH]nc(-c5ccc(F)cc5)c4cc3n2)CCN(CC(=O)N2CC=[N+](c3ccc(-c4ncccn4)cc3)CC2)C1. The summed E-state index contributed by atoms with van der Waals surface area (Å²) in [5, 5.41) is 9.32. The van der Waals surface area contributed by atoms with Gasteiger partial charge in [-0.3, -0.25) is 14.8 Å². The first kappa shape index (κ1) is 29.9. The summed E-state index contributed by atoms with van der Waals surface area (Å²) in [6.07, 6.45) is 8.02. The number of benzene rings is 3. The molecule has 12 heteroatoms. The number of nitrogens with one attached hydrogen (secondary N) is 1. The number of fused-ring (bicyclic) bond motifs is 2. The van der Waals surface area contributed by atoms with Crippen LogP contribution in [-0.4, -0.2) is 103 Å². The molecule has 1 amide bonds. The molecule has 6 aromatic rings. The smallest absolute Gasteiger partial charge is 0.237 e. The minimum Gasteiger partial charge on any atom is -0.369 e. The summed E-state index contributed by atoms with van der Waals surface area (Å²) in [5.41, 5.74) is 4.45. The summed E-state index contributed by atoms with van der Waals surface area (Å²) in [4.78, 5) is 35.8. The van der Waals surface area contributed by atoms with Crippen molar-refractivity contribution >= 4 is 39.6 Å². The molecule has 2 aliphatic heterocycles.